The fraction of sp³-hybridized carbons (Fsp3) is 0.650. The molecule has 0 amide bonds. The minimum Gasteiger partial charge on any atom is -0.356 e. The molecule has 0 spiro atoms. The van der Waals surface area contributed by atoms with Gasteiger partial charge in [0.1, 0.15) is 5.82 Å². The molecule has 0 bridgehead atoms. The molecule has 0 aliphatic carbocycles. The number of halogens is 2. The van der Waals surface area contributed by atoms with Crippen LogP contribution in [0.2, 0.25) is 0 Å². The smallest absolute Gasteiger partial charge is 0.191 e. The van der Waals surface area contributed by atoms with E-state index in [0.717, 1.165) is 44.2 Å². The molecule has 154 valence electrons. The number of nitrogens with one attached hydrogen (secondary N) is 2. The van der Waals surface area contributed by atoms with Gasteiger partial charge in [-0.05, 0) is 36.6 Å². The minimum absolute atomic E-state index is 0. The Balaban J connectivity index is 0.00000364. The summed E-state index contributed by atoms with van der Waals surface area (Å²) in [6.45, 7) is 14.6. The second-order valence-electron chi connectivity index (χ2n) is 7.23. The molecule has 1 aromatic carbocycles. The third-order valence-electron chi connectivity index (χ3n) is 5.02. The van der Waals surface area contributed by atoms with E-state index in [1.165, 1.54) is 13.1 Å². The van der Waals surface area contributed by atoms with E-state index in [2.05, 4.69) is 39.3 Å². The van der Waals surface area contributed by atoms with Crippen molar-refractivity contribution in [3.05, 3.63) is 35.1 Å². The number of guanidine groups is 1. The summed E-state index contributed by atoms with van der Waals surface area (Å²) < 4.78 is 13.6. The average Bonchev–Trinajstić information content (AvgIpc) is 2.65. The Kier molecular flexibility index (Phi) is 11.2. The van der Waals surface area contributed by atoms with Crippen LogP contribution < -0.4 is 10.6 Å². The van der Waals surface area contributed by atoms with Crippen molar-refractivity contribution < 1.29 is 4.39 Å². The van der Waals surface area contributed by atoms with Gasteiger partial charge in [-0.15, -0.1) is 24.0 Å². The molecule has 0 saturated carbocycles. The Morgan fingerprint density at radius 3 is 2.44 bits per heavy atom. The predicted octanol–water partition coefficient (Wildman–Crippen LogP) is 2.69. The number of nitrogens with zero attached hydrogens (tertiary/aromatic N) is 3. The number of hydrogen-bond donors (Lipinski definition) is 2. The van der Waals surface area contributed by atoms with E-state index in [4.69, 9.17) is 0 Å². The summed E-state index contributed by atoms with van der Waals surface area (Å²) in [6, 6.07) is 5.33. The molecule has 1 fully saturated rings. The maximum absolute atomic E-state index is 13.6. The van der Waals surface area contributed by atoms with Crippen LogP contribution in [-0.2, 0) is 6.54 Å². The Bertz CT molecular complexity index is 588. The summed E-state index contributed by atoms with van der Waals surface area (Å²) in [6.07, 6.45) is 0. The van der Waals surface area contributed by atoms with Gasteiger partial charge in [0, 0.05) is 52.9 Å². The zero-order valence-electron chi connectivity index (χ0n) is 17.1. The van der Waals surface area contributed by atoms with Crippen LogP contribution in [0.4, 0.5) is 4.39 Å². The number of piperazine rings is 1. The second kappa shape index (κ2) is 12.5. The molecular weight excluding hydrogens is 456 g/mol. The number of likely N-dealkylation sites (N-methyl/N-ethyl adjacent to an activating group) is 1. The standard InChI is InChI=1S/C20H34FN5.HI/c1-5-25-8-10-26(11-9-25)15-16(2)13-23-20(22-4)24-14-18-7-6-17(3)19(21)12-18;/h6-7,12,16H,5,8-11,13-15H2,1-4H3,(H2,22,23,24);1H. The lowest BCUT2D eigenvalue weighted by Gasteiger charge is -2.35. The molecule has 0 aromatic heterocycles. The highest BCUT2D eigenvalue weighted by molar-refractivity contribution is 14.0. The van der Waals surface area contributed by atoms with E-state index in [-0.39, 0.29) is 29.8 Å². The molecule has 1 aromatic rings. The Morgan fingerprint density at radius 1 is 1.19 bits per heavy atom. The van der Waals surface area contributed by atoms with Crippen molar-refractivity contribution in [2.45, 2.75) is 27.3 Å². The number of rotatable bonds is 7. The van der Waals surface area contributed by atoms with E-state index < -0.39 is 0 Å². The molecule has 5 nitrogen and oxygen atoms in total. The lowest BCUT2D eigenvalue weighted by atomic mass is 10.1. The first-order valence-electron chi connectivity index (χ1n) is 9.66. The van der Waals surface area contributed by atoms with Crippen LogP contribution in [0.3, 0.4) is 0 Å². The van der Waals surface area contributed by atoms with E-state index in [1.54, 1.807) is 20.0 Å². The molecule has 1 saturated heterocycles. The first-order chi connectivity index (χ1) is 12.5. The number of benzene rings is 1. The van der Waals surface area contributed by atoms with Crippen molar-refractivity contribution in [1.29, 1.82) is 0 Å². The minimum atomic E-state index is -0.163. The van der Waals surface area contributed by atoms with E-state index in [1.807, 2.05) is 12.1 Å². The molecule has 1 heterocycles. The van der Waals surface area contributed by atoms with Gasteiger partial charge >= 0.3 is 0 Å². The third kappa shape index (κ3) is 8.31. The molecule has 27 heavy (non-hydrogen) atoms. The highest BCUT2D eigenvalue weighted by Crippen LogP contribution is 2.09. The lowest BCUT2D eigenvalue weighted by molar-refractivity contribution is 0.124. The van der Waals surface area contributed by atoms with Crippen molar-refractivity contribution in [3.63, 3.8) is 0 Å². The van der Waals surface area contributed by atoms with Crippen molar-refractivity contribution in [3.8, 4) is 0 Å². The molecule has 2 rings (SSSR count). The van der Waals surface area contributed by atoms with Gasteiger partial charge in [0.2, 0.25) is 0 Å². The van der Waals surface area contributed by atoms with Crippen LogP contribution in [0.25, 0.3) is 0 Å². The van der Waals surface area contributed by atoms with Gasteiger partial charge in [-0.25, -0.2) is 4.39 Å². The normalized spacial score (nSPS) is 17.3. The fourth-order valence-electron chi connectivity index (χ4n) is 3.22. The van der Waals surface area contributed by atoms with Crippen molar-refractivity contribution in [2.24, 2.45) is 10.9 Å². The van der Waals surface area contributed by atoms with E-state index >= 15 is 0 Å². The SMILES string of the molecule is CCN1CCN(CC(C)CNC(=NC)NCc2ccc(C)c(F)c2)CC1.I. The van der Waals surface area contributed by atoms with Crippen LogP contribution in [-0.4, -0.2) is 68.6 Å². The van der Waals surface area contributed by atoms with Crippen LogP contribution in [0.1, 0.15) is 25.0 Å². The summed E-state index contributed by atoms with van der Waals surface area (Å²) in [5, 5.41) is 6.64. The quantitative estimate of drug-likeness (QED) is 0.350. The van der Waals surface area contributed by atoms with Crippen molar-refractivity contribution in [1.82, 2.24) is 20.4 Å². The van der Waals surface area contributed by atoms with Crippen molar-refractivity contribution >= 4 is 29.9 Å². The highest BCUT2D eigenvalue weighted by atomic mass is 127. The van der Waals surface area contributed by atoms with Gasteiger partial charge in [0.15, 0.2) is 5.96 Å². The summed E-state index contributed by atoms with van der Waals surface area (Å²) >= 11 is 0. The fourth-order valence-corrected chi connectivity index (χ4v) is 3.22. The van der Waals surface area contributed by atoms with Gasteiger partial charge in [0.05, 0.1) is 0 Å². The van der Waals surface area contributed by atoms with Gasteiger partial charge in [-0.3, -0.25) is 4.99 Å². The molecule has 1 atom stereocenters. The third-order valence-corrected chi connectivity index (χ3v) is 5.02. The topological polar surface area (TPSA) is 42.9 Å². The first-order valence-corrected chi connectivity index (χ1v) is 9.66. The maximum Gasteiger partial charge on any atom is 0.191 e. The Hall–Kier alpha value is -0.930. The molecule has 2 N–H and O–H groups in total. The van der Waals surface area contributed by atoms with Crippen LogP contribution in [0.5, 0.6) is 0 Å². The predicted molar refractivity (Wildman–Crippen MR) is 122 cm³/mol. The summed E-state index contributed by atoms with van der Waals surface area (Å²) in [7, 11) is 1.76. The van der Waals surface area contributed by atoms with Crippen molar-refractivity contribution in [2.75, 3.05) is 52.9 Å². The molecule has 1 aliphatic heterocycles. The van der Waals surface area contributed by atoms with Crippen LogP contribution in [0, 0.1) is 18.7 Å². The second-order valence-corrected chi connectivity index (χ2v) is 7.23. The largest absolute Gasteiger partial charge is 0.356 e. The van der Waals surface area contributed by atoms with Gasteiger partial charge < -0.3 is 20.4 Å². The molecular formula is C20H35FIN5. The lowest BCUT2D eigenvalue weighted by Crippen LogP contribution is -2.48. The summed E-state index contributed by atoms with van der Waals surface area (Å²) in [5.74, 6) is 1.14. The van der Waals surface area contributed by atoms with E-state index in [9.17, 15) is 4.39 Å². The highest BCUT2D eigenvalue weighted by Gasteiger charge is 2.17. The zero-order chi connectivity index (χ0) is 18.9. The molecule has 1 unspecified atom stereocenters. The van der Waals surface area contributed by atoms with E-state index in [0.29, 0.717) is 18.0 Å². The Morgan fingerprint density at radius 2 is 1.85 bits per heavy atom. The Labute approximate surface area is 180 Å². The average molecular weight is 491 g/mol. The molecule has 1 aliphatic rings. The molecule has 0 radical (unpaired) electrons. The van der Waals surface area contributed by atoms with Crippen LogP contribution in [0.15, 0.2) is 23.2 Å². The number of aryl methyl sites for hydroxylation is 1. The number of aliphatic imine (C=N–C) groups is 1. The van der Waals surface area contributed by atoms with Gasteiger partial charge in [0.25, 0.3) is 0 Å². The molecule has 7 heteroatoms. The number of hydrogen-bond acceptors (Lipinski definition) is 3. The maximum atomic E-state index is 13.6. The monoisotopic (exact) mass is 491 g/mol. The zero-order valence-corrected chi connectivity index (χ0v) is 19.4. The van der Waals surface area contributed by atoms with Crippen LogP contribution >= 0.6 is 24.0 Å². The first kappa shape index (κ1) is 24.1. The summed E-state index contributed by atoms with van der Waals surface area (Å²) in [5.41, 5.74) is 1.59. The summed E-state index contributed by atoms with van der Waals surface area (Å²) in [4.78, 5) is 9.31. The van der Waals surface area contributed by atoms with Gasteiger partial charge in [-0.2, -0.15) is 0 Å². The van der Waals surface area contributed by atoms with Gasteiger partial charge in [-0.1, -0.05) is 26.0 Å².